The number of aryl methyl sites for hydroxylation is 2. The summed E-state index contributed by atoms with van der Waals surface area (Å²) < 4.78 is 0. The van der Waals surface area contributed by atoms with Gasteiger partial charge in [-0.25, -0.2) is 0 Å². The Hall–Kier alpha value is -2.64. The van der Waals surface area contributed by atoms with Crippen LogP contribution in [0.1, 0.15) is 25.2 Å². The van der Waals surface area contributed by atoms with Gasteiger partial charge in [-0.15, -0.1) is 0 Å². The molecular weight excluding hydrogens is 466 g/mol. The van der Waals surface area contributed by atoms with Crippen molar-refractivity contribution in [3.63, 3.8) is 0 Å². The average molecular weight is 493 g/mol. The first-order chi connectivity index (χ1) is 15.7. The van der Waals surface area contributed by atoms with E-state index in [-0.39, 0.29) is 51.6 Å². The number of rotatable bonds is 0. The molecule has 4 aromatic rings. The minimum absolute atomic E-state index is 0. The molecule has 170 valence electrons. The van der Waals surface area contributed by atoms with Crippen molar-refractivity contribution in [1.29, 1.82) is 0 Å². The van der Waals surface area contributed by atoms with Crippen molar-refractivity contribution in [1.82, 2.24) is 9.97 Å². The first-order valence-electron chi connectivity index (χ1n) is 10.8. The molecule has 0 fully saturated rings. The molecule has 0 saturated heterocycles. The maximum Gasteiger partial charge on any atom is 3.00 e. The van der Waals surface area contributed by atoms with E-state index in [1.165, 1.54) is 12.1 Å². The Morgan fingerprint density at radius 2 is 1.14 bits per heavy atom. The van der Waals surface area contributed by atoms with Crippen molar-refractivity contribution in [3.05, 3.63) is 96.4 Å². The molecule has 0 spiro atoms. The van der Waals surface area contributed by atoms with E-state index >= 15 is 0 Å². The molecule has 5 rings (SSSR count). The summed E-state index contributed by atoms with van der Waals surface area (Å²) in [6, 6.07) is 18.0. The zero-order valence-corrected chi connectivity index (χ0v) is 22.7. The van der Waals surface area contributed by atoms with Gasteiger partial charge in [-0.2, -0.15) is 0 Å². The number of hydrogen-bond acceptors (Lipinski definition) is 5. The SMILES string of the molecule is CC1(C)C=CC=CC1[O-].Cc1ccc2cccc([O-])c2n1.Cc1ccc2cccc([O-])c2n1.[Al+3].[Al+3]. The van der Waals surface area contributed by atoms with Crippen LogP contribution in [0.4, 0.5) is 0 Å². The predicted octanol–water partition coefficient (Wildman–Crippen LogP) is 3.34. The van der Waals surface area contributed by atoms with Crippen LogP contribution in [0.2, 0.25) is 0 Å². The van der Waals surface area contributed by atoms with Crippen molar-refractivity contribution in [2.24, 2.45) is 5.41 Å². The Labute approximate surface area is 228 Å². The fraction of sp³-hybridized carbons (Fsp3) is 0.214. The molecule has 7 heteroatoms. The van der Waals surface area contributed by atoms with Crippen LogP contribution in [-0.2, 0) is 0 Å². The Morgan fingerprint density at radius 1 is 0.686 bits per heavy atom. The normalized spacial score (nSPS) is 15.1. The molecule has 0 amide bonds. The molecule has 1 aliphatic rings. The van der Waals surface area contributed by atoms with Crippen LogP contribution in [-0.4, -0.2) is 50.8 Å². The van der Waals surface area contributed by atoms with Gasteiger partial charge >= 0.3 is 34.7 Å². The first kappa shape index (κ1) is 30.4. The largest absolute Gasteiger partial charge is 3.00 e. The van der Waals surface area contributed by atoms with E-state index < -0.39 is 6.10 Å². The second-order valence-corrected chi connectivity index (χ2v) is 8.55. The molecule has 1 atom stereocenters. The van der Waals surface area contributed by atoms with Crippen LogP contribution in [0.5, 0.6) is 11.5 Å². The number of benzene rings is 2. The van der Waals surface area contributed by atoms with Crippen LogP contribution >= 0.6 is 0 Å². The molecule has 0 aliphatic heterocycles. The monoisotopic (exact) mass is 493 g/mol. The van der Waals surface area contributed by atoms with E-state index in [1.54, 1.807) is 18.2 Å². The average Bonchev–Trinajstić information content (AvgIpc) is 2.78. The van der Waals surface area contributed by atoms with Crippen LogP contribution < -0.4 is 15.3 Å². The van der Waals surface area contributed by atoms with Gasteiger partial charge in [-0.3, -0.25) is 9.97 Å². The summed E-state index contributed by atoms with van der Waals surface area (Å²) in [4.78, 5) is 8.33. The molecule has 0 bridgehead atoms. The molecule has 1 aliphatic carbocycles. The van der Waals surface area contributed by atoms with Crippen molar-refractivity contribution in [3.8, 4) is 11.5 Å². The maximum absolute atomic E-state index is 11.3. The number of nitrogens with zero attached hydrogens (tertiary/aromatic N) is 2. The van der Waals surface area contributed by atoms with E-state index in [9.17, 15) is 15.3 Å². The molecule has 2 aromatic carbocycles. The van der Waals surface area contributed by atoms with Gasteiger partial charge in [0, 0.05) is 11.4 Å². The van der Waals surface area contributed by atoms with Crippen LogP contribution in [0.25, 0.3) is 21.8 Å². The number of fused-ring (bicyclic) bond motifs is 2. The summed E-state index contributed by atoms with van der Waals surface area (Å²) in [6.45, 7) is 7.66. The van der Waals surface area contributed by atoms with Crippen LogP contribution in [0.15, 0.2) is 85.0 Å². The number of pyridine rings is 2. The molecule has 0 N–H and O–H groups in total. The van der Waals surface area contributed by atoms with E-state index in [2.05, 4.69) is 9.97 Å². The fourth-order valence-electron chi connectivity index (χ4n) is 3.25. The topological polar surface area (TPSA) is 95.0 Å². The summed E-state index contributed by atoms with van der Waals surface area (Å²) in [5.41, 5.74) is 2.71. The third-order valence-corrected chi connectivity index (χ3v) is 5.30. The smallest absolute Gasteiger partial charge is 0.871 e. The third-order valence-electron chi connectivity index (χ3n) is 5.30. The second-order valence-electron chi connectivity index (χ2n) is 8.55. The Morgan fingerprint density at radius 3 is 1.51 bits per heavy atom. The van der Waals surface area contributed by atoms with Crippen molar-refractivity contribution >= 4 is 56.5 Å². The van der Waals surface area contributed by atoms with Gasteiger partial charge in [0.1, 0.15) is 0 Å². The van der Waals surface area contributed by atoms with Gasteiger partial charge in [-0.1, -0.05) is 104 Å². The minimum Gasteiger partial charge on any atom is -0.871 e. The van der Waals surface area contributed by atoms with E-state index in [1.807, 2.05) is 82.3 Å². The minimum atomic E-state index is -0.567. The van der Waals surface area contributed by atoms with Crippen LogP contribution in [0, 0.1) is 19.3 Å². The first-order valence-corrected chi connectivity index (χ1v) is 10.8. The molecule has 0 radical (unpaired) electrons. The zero-order chi connectivity index (χ0) is 24.0. The molecular formula is C28H27Al2N2O3+3. The maximum atomic E-state index is 11.3. The molecule has 2 aromatic heterocycles. The molecule has 5 nitrogen and oxygen atoms in total. The van der Waals surface area contributed by atoms with Gasteiger partial charge in [-0.05, 0) is 42.2 Å². The summed E-state index contributed by atoms with van der Waals surface area (Å²) >= 11 is 0. The van der Waals surface area contributed by atoms with E-state index in [0.29, 0.717) is 11.0 Å². The number of allylic oxidation sites excluding steroid dienone is 2. The molecule has 1 unspecified atom stereocenters. The summed E-state index contributed by atoms with van der Waals surface area (Å²) in [5, 5.41) is 35.4. The Bertz CT molecular complexity index is 1240. The summed E-state index contributed by atoms with van der Waals surface area (Å²) in [5.74, 6) is -0.00704. The Kier molecular flexibility index (Phi) is 11.7. The van der Waals surface area contributed by atoms with Crippen molar-refractivity contribution in [2.75, 3.05) is 0 Å². The second kappa shape index (κ2) is 13.5. The summed E-state index contributed by atoms with van der Waals surface area (Å²) in [6.07, 6.45) is 6.81. The van der Waals surface area contributed by atoms with E-state index in [4.69, 9.17) is 0 Å². The van der Waals surface area contributed by atoms with Crippen molar-refractivity contribution in [2.45, 2.75) is 33.8 Å². The quantitative estimate of drug-likeness (QED) is 0.350. The third kappa shape index (κ3) is 8.22. The predicted molar refractivity (Wildman–Crippen MR) is 139 cm³/mol. The van der Waals surface area contributed by atoms with Crippen molar-refractivity contribution < 1.29 is 15.3 Å². The van der Waals surface area contributed by atoms with E-state index in [0.717, 1.165) is 22.2 Å². The van der Waals surface area contributed by atoms with Gasteiger partial charge in [0.05, 0.1) is 11.0 Å². The van der Waals surface area contributed by atoms with Gasteiger partial charge in [0.15, 0.2) is 0 Å². The number of hydrogen-bond donors (Lipinski definition) is 0. The van der Waals surface area contributed by atoms with Crippen LogP contribution in [0.3, 0.4) is 0 Å². The fourth-order valence-corrected chi connectivity index (χ4v) is 3.25. The van der Waals surface area contributed by atoms with Gasteiger partial charge in [0.25, 0.3) is 0 Å². The van der Waals surface area contributed by atoms with Gasteiger partial charge < -0.3 is 15.3 Å². The zero-order valence-electron chi connectivity index (χ0n) is 20.4. The standard InChI is InChI=1S/2C10H9NO.C8H11O.2Al/c2*1-7-5-6-8-3-2-4-9(12)10(8)11-7;1-8(2)6-4-3-5-7(8)9;;/h2*2-6,12H,1H3;3-7H,1-2H3;;/q;;-1;2*+3/p-2. The number of para-hydroxylation sites is 2. The molecule has 0 saturated carbocycles. The molecule has 35 heavy (non-hydrogen) atoms. The van der Waals surface area contributed by atoms with Gasteiger partial charge in [0.2, 0.25) is 0 Å². The summed E-state index contributed by atoms with van der Waals surface area (Å²) in [7, 11) is 0. The Balaban J connectivity index is 0.000000258. The number of aromatic nitrogens is 2. The molecule has 2 heterocycles.